The van der Waals surface area contributed by atoms with Crippen molar-refractivity contribution in [1.29, 1.82) is 0 Å². The van der Waals surface area contributed by atoms with Crippen LogP contribution in [-0.2, 0) is 0 Å². The van der Waals surface area contributed by atoms with Crippen molar-refractivity contribution in [1.82, 2.24) is 19.8 Å². The van der Waals surface area contributed by atoms with Gasteiger partial charge in [-0.25, -0.2) is 0 Å². The number of anilines is 1. The van der Waals surface area contributed by atoms with Crippen LogP contribution in [0, 0.1) is 6.92 Å². The van der Waals surface area contributed by atoms with Gasteiger partial charge in [0.05, 0.1) is 5.60 Å². The highest BCUT2D eigenvalue weighted by molar-refractivity contribution is 7.98. The molecule has 2 N–H and O–H groups in total. The van der Waals surface area contributed by atoms with Crippen LogP contribution in [-0.4, -0.2) is 49.1 Å². The number of fused-ring (bicyclic) bond motifs is 1. The monoisotopic (exact) mass is 267 g/mol. The molecule has 2 rings (SSSR count). The normalized spacial score (nSPS) is 14.7. The van der Waals surface area contributed by atoms with Crippen molar-refractivity contribution in [3.8, 4) is 0 Å². The number of hydrogen-bond donors (Lipinski definition) is 2. The highest BCUT2D eigenvalue weighted by Gasteiger charge is 2.19. The van der Waals surface area contributed by atoms with Crippen LogP contribution in [0.25, 0.3) is 5.65 Å². The van der Waals surface area contributed by atoms with Crippen molar-refractivity contribution in [2.24, 2.45) is 0 Å². The van der Waals surface area contributed by atoms with E-state index in [0.717, 1.165) is 5.82 Å². The molecule has 0 fully saturated rings. The molecule has 0 unspecified atom stereocenters. The zero-order valence-electron chi connectivity index (χ0n) is 10.7. The van der Waals surface area contributed by atoms with Gasteiger partial charge in [0.25, 0.3) is 0 Å². The Balaban J connectivity index is 2.10. The smallest absolute Gasteiger partial charge is 0.178 e. The summed E-state index contributed by atoms with van der Waals surface area (Å²) >= 11 is 1.61. The Labute approximate surface area is 110 Å². The van der Waals surface area contributed by atoms with Gasteiger partial charge >= 0.3 is 0 Å². The van der Waals surface area contributed by atoms with Gasteiger partial charge in [-0.1, -0.05) is 0 Å². The molecule has 0 saturated carbocycles. The quantitative estimate of drug-likeness (QED) is 0.840. The van der Waals surface area contributed by atoms with Gasteiger partial charge in [0.1, 0.15) is 5.82 Å². The van der Waals surface area contributed by atoms with Gasteiger partial charge in [0.15, 0.2) is 11.5 Å². The van der Waals surface area contributed by atoms with E-state index in [9.17, 15) is 5.11 Å². The lowest BCUT2D eigenvalue weighted by atomic mass is 10.1. The minimum absolute atomic E-state index is 0.452. The Morgan fingerprint density at radius 3 is 2.94 bits per heavy atom. The van der Waals surface area contributed by atoms with E-state index < -0.39 is 5.60 Å². The highest BCUT2D eigenvalue weighted by atomic mass is 32.2. The number of thioether (sulfide) groups is 1. The summed E-state index contributed by atoms with van der Waals surface area (Å²) in [5.41, 5.74) is -0.0351. The average Bonchev–Trinajstić information content (AvgIpc) is 2.69. The lowest BCUT2D eigenvalue weighted by molar-refractivity contribution is 0.0996. The summed E-state index contributed by atoms with van der Waals surface area (Å²) in [5.74, 6) is 2.12. The summed E-state index contributed by atoms with van der Waals surface area (Å²) in [7, 11) is 0. The third-order valence-electron chi connectivity index (χ3n) is 2.52. The maximum absolute atomic E-state index is 10.1. The molecule has 0 saturated heterocycles. The van der Waals surface area contributed by atoms with Crippen LogP contribution in [0.5, 0.6) is 0 Å². The molecule has 0 amide bonds. The number of aromatic nitrogens is 4. The largest absolute Gasteiger partial charge is 0.387 e. The van der Waals surface area contributed by atoms with E-state index in [0.29, 0.717) is 23.8 Å². The topological polar surface area (TPSA) is 75.3 Å². The molecule has 98 valence electrons. The van der Waals surface area contributed by atoms with E-state index in [1.807, 2.05) is 25.3 Å². The van der Waals surface area contributed by atoms with Crippen LogP contribution in [0.2, 0.25) is 0 Å². The van der Waals surface area contributed by atoms with Gasteiger partial charge in [0, 0.05) is 12.3 Å². The van der Waals surface area contributed by atoms with E-state index in [-0.39, 0.29) is 0 Å². The molecule has 6 nitrogen and oxygen atoms in total. The number of nitrogens with zero attached hydrogens (tertiary/aromatic N) is 4. The van der Waals surface area contributed by atoms with E-state index in [4.69, 9.17) is 0 Å². The summed E-state index contributed by atoms with van der Waals surface area (Å²) in [4.78, 5) is 0. The molecule has 0 radical (unpaired) electrons. The average molecular weight is 267 g/mol. The summed E-state index contributed by atoms with van der Waals surface area (Å²) in [6, 6.07) is 3.68. The van der Waals surface area contributed by atoms with Crippen molar-refractivity contribution < 1.29 is 5.11 Å². The molecule has 0 bridgehead atoms. The molecule has 2 heterocycles. The number of hydrogen-bond acceptors (Lipinski definition) is 6. The minimum atomic E-state index is -0.752. The fourth-order valence-corrected chi connectivity index (χ4v) is 2.36. The van der Waals surface area contributed by atoms with Crippen LogP contribution in [0.3, 0.4) is 0 Å². The minimum Gasteiger partial charge on any atom is -0.387 e. The molecule has 0 aromatic carbocycles. The van der Waals surface area contributed by atoms with Crippen molar-refractivity contribution in [3.63, 3.8) is 0 Å². The Morgan fingerprint density at radius 2 is 2.22 bits per heavy atom. The molecular formula is C11H17N5OS. The second-order valence-electron chi connectivity index (χ2n) is 4.52. The Kier molecular flexibility index (Phi) is 3.72. The Hall–Kier alpha value is -1.34. The summed E-state index contributed by atoms with van der Waals surface area (Å²) < 4.78 is 1.67. The third kappa shape index (κ3) is 2.91. The SMILES string of the molecule is CSC[C@](C)(O)CNc1ccc2nnc(C)n2n1. The fourth-order valence-electron chi connectivity index (χ4n) is 1.63. The van der Waals surface area contributed by atoms with Gasteiger partial charge in [-0.3, -0.25) is 0 Å². The first kappa shape index (κ1) is 13.1. The van der Waals surface area contributed by atoms with Crippen molar-refractivity contribution in [3.05, 3.63) is 18.0 Å². The molecule has 1 atom stereocenters. The molecule has 7 heteroatoms. The molecular weight excluding hydrogens is 250 g/mol. The lowest BCUT2D eigenvalue weighted by Gasteiger charge is -2.22. The van der Waals surface area contributed by atoms with Crippen LogP contribution in [0.4, 0.5) is 5.82 Å². The number of aliphatic hydroxyl groups is 1. The van der Waals surface area contributed by atoms with Crippen molar-refractivity contribution in [2.45, 2.75) is 19.4 Å². The Bertz CT molecular complexity index is 539. The molecule has 0 spiro atoms. The second-order valence-corrected chi connectivity index (χ2v) is 5.39. The predicted molar refractivity (Wildman–Crippen MR) is 73.0 cm³/mol. The molecule has 2 aromatic heterocycles. The maximum atomic E-state index is 10.1. The zero-order chi connectivity index (χ0) is 13.2. The Morgan fingerprint density at radius 1 is 1.44 bits per heavy atom. The van der Waals surface area contributed by atoms with E-state index in [1.54, 1.807) is 23.2 Å². The van der Waals surface area contributed by atoms with Gasteiger partial charge in [-0.15, -0.1) is 15.3 Å². The molecule has 0 aliphatic rings. The summed E-state index contributed by atoms with van der Waals surface area (Å²) in [6.45, 7) is 4.10. The van der Waals surface area contributed by atoms with Crippen LogP contribution in [0.15, 0.2) is 12.1 Å². The predicted octanol–water partition coefficient (Wildman–Crippen LogP) is 0.959. The van der Waals surface area contributed by atoms with E-state index >= 15 is 0 Å². The number of rotatable bonds is 5. The van der Waals surface area contributed by atoms with Gasteiger partial charge < -0.3 is 10.4 Å². The van der Waals surface area contributed by atoms with Crippen LogP contribution in [0.1, 0.15) is 12.7 Å². The molecule has 18 heavy (non-hydrogen) atoms. The second kappa shape index (κ2) is 5.11. The standard InChI is InChI=1S/C11H17N5OS/c1-8-13-14-10-5-4-9(15-16(8)10)12-6-11(2,17)7-18-3/h4-5,17H,6-7H2,1-3H3,(H,12,15)/t11-/m1/s1. The maximum Gasteiger partial charge on any atom is 0.178 e. The van der Waals surface area contributed by atoms with E-state index in [1.165, 1.54) is 0 Å². The summed E-state index contributed by atoms with van der Waals surface area (Å²) in [6.07, 6.45) is 1.97. The van der Waals surface area contributed by atoms with Crippen molar-refractivity contribution in [2.75, 3.05) is 23.9 Å². The molecule has 0 aliphatic carbocycles. The summed E-state index contributed by atoms with van der Waals surface area (Å²) in [5, 5.41) is 25.5. The molecule has 2 aromatic rings. The first-order chi connectivity index (χ1) is 8.52. The van der Waals surface area contributed by atoms with Crippen LogP contribution < -0.4 is 5.32 Å². The number of aryl methyl sites for hydroxylation is 1. The highest BCUT2D eigenvalue weighted by Crippen LogP contribution is 2.12. The van der Waals surface area contributed by atoms with Crippen LogP contribution >= 0.6 is 11.8 Å². The van der Waals surface area contributed by atoms with Gasteiger partial charge in [0.2, 0.25) is 0 Å². The lowest BCUT2D eigenvalue weighted by Crippen LogP contribution is -2.36. The number of nitrogens with one attached hydrogen (secondary N) is 1. The molecule has 0 aliphatic heterocycles. The van der Waals surface area contributed by atoms with E-state index in [2.05, 4.69) is 20.6 Å². The van der Waals surface area contributed by atoms with Gasteiger partial charge in [-0.2, -0.15) is 16.3 Å². The van der Waals surface area contributed by atoms with Gasteiger partial charge in [-0.05, 0) is 32.2 Å². The third-order valence-corrected chi connectivity index (χ3v) is 3.43. The van der Waals surface area contributed by atoms with Crippen molar-refractivity contribution >= 4 is 23.2 Å². The fraction of sp³-hybridized carbons (Fsp3) is 0.545. The first-order valence-corrected chi connectivity index (χ1v) is 7.05. The zero-order valence-corrected chi connectivity index (χ0v) is 11.5. The first-order valence-electron chi connectivity index (χ1n) is 5.66.